The number of benzene rings is 1. The first-order chi connectivity index (χ1) is 13.6. The van der Waals surface area contributed by atoms with E-state index in [0.29, 0.717) is 28.5 Å². The molecule has 0 unspecified atom stereocenters. The molecule has 144 valence electrons. The molecular weight excluding hydrogens is 376 g/mol. The fraction of sp³-hybridized carbons (Fsp3) is 0.300. The number of ether oxygens (including phenoxy) is 1. The zero-order chi connectivity index (χ0) is 19.9. The summed E-state index contributed by atoms with van der Waals surface area (Å²) in [4.78, 5) is 25.3. The van der Waals surface area contributed by atoms with Crippen molar-refractivity contribution < 1.29 is 14.3 Å². The zero-order valence-corrected chi connectivity index (χ0v) is 16.3. The minimum absolute atomic E-state index is 0.431. The minimum atomic E-state index is -0.902. The maximum absolute atomic E-state index is 12.2. The lowest BCUT2D eigenvalue weighted by Crippen LogP contribution is -2.32. The summed E-state index contributed by atoms with van der Waals surface area (Å²) in [6.07, 6.45) is 5.26. The highest BCUT2D eigenvalue weighted by atomic mass is 32.1. The molecule has 0 spiro atoms. The molecule has 0 atom stereocenters. The number of nitrogens with one attached hydrogen (secondary N) is 2. The number of aryl methyl sites for hydroxylation is 1. The van der Waals surface area contributed by atoms with E-state index in [0.717, 1.165) is 36.1 Å². The molecule has 3 rings (SSSR count). The summed E-state index contributed by atoms with van der Waals surface area (Å²) in [5.74, 6) is -1.12. The second-order valence-corrected chi connectivity index (χ2v) is 7.26. The second-order valence-electron chi connectivity index (χ2n) is 6.15. The Hall–Kier alpha value is -3.18. The van der Waals surface area contributed by atoms with Crippen LogP contribution in [0.3, 0.4) is 0 Å². The standard InChI is InChI=1S/C20H20N4O3S/c1-2-27-16-9-5-3-7-13(16)12-22-24-19(26)18(25)23-20-15(11-21)14-8-4-6-10-17(14)28-20/h3,5,7,9,12H,2,4,6,8,10H2,1H3,(H,23,25)(H,24,26). The van der Waals surface area contributed by atoms with Crippen LogP contribution in [0.25, 0.3) is 0 Å². The third-order valence-corrected chi connectivity index (χ3v) is 5.51. The smallest absolute Gasteiger partial charge is 0.329 e. The summed E-state index contributed by atoms with van der Waals surface area (Å²) in [6.45, 7) is 2.38. The molecule has 2 N–H and O–H groups in total. The first-order valence-electron chi connectivity index (χ1n) is 9.04. The number of rotatable bonds is 5. The van der Waals surface area contributed by atoms with Crippen molar-refractivity contribution in [3.63, 3.8) is 0 Å². The number of hydrogen-bond donors (Lipinski definition) is 2. The van der Waals surface area contributed by atoms with Crippen LogP contribution < -0.4 is 15.5 Å². The largest absolute Gasteiger partial charge is 0.493 e. The van der Waals surface area contributed by atoms with Gasteiger partial charge in [0.2, 0.25) is 0 Å². The highest BCUT2D eigenvalue weighted by Crippen LogP contribution is 2.37. The molecule has 1 aliphatic rings. The number of fused-ring (bicyclic) bond motifs is 1. The number of amides is 2. The van der Waals surface area contributed by atoms with Gasteiger partial charge in [0.1, 0.15) is 16.8 Å². The van der Waals surface area contributed by atoms with Gasteiger partial charge in [-0.05, 0) is 50.3 Å². The van der Waals surface area contributed by atoms with Crippen LogP contribution in [0.4, 0.5) is 5.00 Å². The molecule has 2 amide bonds. The van der Waals surface area contributed by atoms with Crippen molar-refractivity contribution >= 4 is 34.4 Å². The van der Waals surface area contributed by atoms with Crippen LogP contribution >= 0.6 is 11.3 Å². The first-order valence-corrected chi connectivity index (χ1v) is 9.86. The minimum Gasteiger partial charge on any atom is -0.493 e. The van der Waals surface area contributed by atoms with Crippen molar-refractivity contribution in [2.45, 2.75) is 32.6 Å². The Kier molecular flexibility index (Phi) is 6.40. The molecule has 0 saturated carbocycles. The molecule has 0 fully saturated rings. The van der Waals surface area contributed by atoms with Gasteiger partial charge in [-0.3, -0.25) is 9.59 Å². The summed E-state index contributed by atoms with van der Waals surface area (Å²) >= 11 is 1.37. The van der Waals surface area contributed by atoms with Crippen LogP contribution in [-0.4, -0.2) is 24.6 Å². The van der Waals surface area contributed by atoms with Gasteiger partial charge in [0.05, 0.1) is 18.4 Å². The van der Waals surface area contributed by atoms with E-state index in [1.807, 2.05) is 19.1 Å². The van der Waals surface area contributed by atoms with Gasteiger partial charge in [-0.25, -0.2) is 5.43 Å². The monoisotopic (exact) mass is 396 g/mol. The Bertz CT molecular complexity index is 959. The number of carbonyl (C=O) groups excluding carboxylic acids is 2. The lowest BCUT2D eigenvalue weighted by atomic mass is 9.96. The fourth-order valence-electron chi connectivity index (χ4n) is 3.02. The number of hydrazone groups is 1. The van der Waals surface area contributed by atoms with E-state index in [9.17, 15) is 14.9 Å². The average molecular weight is 396 g/mol. The van der Waals surface area contributed by atoms with Gasteiger partial charge in [0.15, 0.2) is 0 Å². The summed E-state index contributed by atoms with van der Waals surface area (Å²) < 4.78 is 5.47. The topological polar surface area (TPSA) is 104 Å². The van der Waals surface area contributed by atoms with E-state index in [1.165, 1.54) is 17.6 Å². The number of carbonyl (C=O) groups is 2. The molecule has 28 heavy (non-hydrogen) atoms. The molecule has 0 saturated heterocycles. The van der Waals surface area contributed by atoms with Gasteiger partial charge in [-0.2, -0.15) is 10.4 Å². The van der Waals surface area contributed by atoms with E-state index >= 15 is 0 Å². The fourth-order valence-corrected chi connectivity index (χ4v) is 4.25. The number of anilines is 1. The van der Waals surface area contributed by atoms with Gasteiger partial charge in [-0.1, -0.05) is 12.1 Å². The van der Waals surface area contributed by atoms with Gasteiger partial charge in [0, 0.05) is 10.4 Å². The maximum atomic E-state index is 12.2. The highest BCUT2D eigenvalue weighted by Gasteiger charge is 2.23. The van der Waals surface area contributed by atoms with E-state index in [2.05, 4.69) is 21.9 Å². The number of nitrogens with zero attached hydrogens (tertiary/aromatic N) is 2. The molecule has 1 aromatic heterocycles. The Balaban J connectivity index is 1.64. The molecule has 1 aliphatic carbocycles. The summed E-state index contributed by atoms with van der Waals surface area (Å²) in [6, 6.07) is 9.39. The summed E-state index contributed by atoms with van der Waals surface area (Å²) in [5, 5.41) is 16.2. The molecule has 8 heteroatoms. The van der Waals surface area contributed by atoms with Crippen LogP contribution in [-0.2, 0) is 22.4 Å². The van der Waals surface area contributed by atoms with Crippen LogP contribution in [0, 0.1) is 11.3 Å². The van der Waals surface area contributed by atoms with Crippen LogP contribution in [0.1, 0.15) is 41.3 Å². The number of thiophene rings is 1. The molecule has 2 aromatic rings. The van der Waals surface area contributed by atoms with Gasteiger partial charge < -0.3 is 10.1 Å². The number of hydrogen-bond acceptors (Lipinski definition) is 6. The van der Waals surface area contributed by atoms with Gasteiger partial charge in [-0.15, -0.1) is 11.3 Å². The molecule has 1 aromatic carbocycles. The molecule has 7 nitrogen and oxygen atoms in total. The Morgan fingerprint density at radius 3 is 2.86 bits per heavy atom. The predicted molar refractivity (Wildman–Crippen MR) is 108 cm³/mol. The lowest BCUT2D eigenvalue weighted by molar-refractivity contribution is -0.136. The van der Waals surface area contributed by atoms with Crippen molar-refractivity contribution in [3.05, 3.63) is 45.8 Å². The third-order valence-electron chi connectivity index (χ3n) is 4.30. The van der Waals surface area contributed by atoms with Gasteiger partial charge in [0.25, 0.3) is 0 Å². The van der Waals surface area contributed by atoms with E-state index in [-0.39, 0.29) is 0 Å². The average Bonchev–Trinajstić information content (AvgIpc) is 3.06. The number of para-hydroxylation sites is 1. The second kappa shape index (κ2) is 9.15. The number of nitriles is 1. The zero-order valence-electron chi connectivity index (χ0n) is 15.4. The molecular formula is C20H20N4O3S. The molecule has 0 radical (unpaired) electrons. The van der Waals surface area contributed by atoms with Crippen molar-refractivity contribution in [2.24, 2.45) is 5.10 Å². The Morgan fingerprint density at radius 2 is 2.07 bits per heavy atom. The summed E-state index contributed by atoms with van der Waals surface area (Å²) in [5.41, 5.74) is 4.36. The van der Waals surface area contributed by atoms with Crippen molar-refractivity contribution in [3.8, 4) is 11.8 Å². The lowest BCUT2D eigenvalue weighted by Gasteiger charge is -2.09. The van der Waals surface area contributed by atoms with E-state index in [4.69, 9.17) is 4.74 Å². The Morgan fingerprint density at radius 1 is 1.29 bits per heavy atom. The van der Waals surface area contributed by atoms with Crippen molar-refractivity contribution in [1.29, 1.82) is 5.26 Å². The SMILES string of the molecule is CCOc1ccccc1C=NNC(=O)C(=O)Nc1sc2c(c1C#N)CCCC2. The van der Waals surface area contributed by atoms with Crippen LogP contribution in [0.5, 0.6) is 5.75 Å². The quantitative estimate of drug-likeness (QED) is 0.461. The maximum Gasteiger partial charge on any atom is 0.329 e. The van der Waals surface area contributed by atoms with E-state index in [1.54, 1.807) is 12.1 Å². The summed E-state index contributed by atoms with van der Waals surface area (Å²) in [7, 11) is 0. The van der Waals surface area contributed by atoms with Gasteiger partial charge >= 0.3 is 11.8 Å². The first kappa shape index (κ1) is 19.6. The molecule has 0 aliphatic heterocycles. The molecule has 1 heterocycles. The van der Waals surface area contributed by atoms with Crippen LogP contribution in [0.2, 0.25) is 0 Å². The highest BCUT2D eigenvalue weighted by molar-refractivity contribution is 7.16. The van der Waals surface area contributed by atoms with Crippen molar-refractivity contribution in [1.82, 2.24) is 5.43 Å². The molecule has 0 bridgehead atoms. The predicted octanol–water partition coefficient (Wildman–Crippen LogP) is 2.99. The van der Waals surface area contributed by atoms with Crippen molar-refractivity contribution in [2.75, 3.05) is 11.9 Å². The van der Waals surface area contributed by atoms with Crippen LogP contribution in [0.15, 0.2) is 29.4 Å². The van der Waals surface area contributed by atoms with E-state index < -0.39 is 11.8 Å². The normalized spacial score (nSPS) is 12.9. The Labute approximate surface area is 167 Å². The third kappa shape index (κ3) is 4.38.